The van der Waals surface area contributed by atoms with Gasteiger partial charge in [-0.25, -0.2) is 0 Å². The van der Waals surface area contributed by atoms with Crippen LogP contribution in [-0.2, 0) is 4.79 Å². The van der Waals surface area contributed by atoms with Crippen LogP contribution in [0.4, 0.5) is 0 Å². The van der Waals surface area contributed by atoms with Crippen LogP contribution < -0.4 is 5.11 Å². The van der Waals surface area contributed by atoms with E-state index in [1.807, 2.05) is 6.92 Å². The minimum absolute atomic E-state index is 0.205. The predicted octanol–water partition coefficient (Wildman–Crippen LogP) is 3.37. The second-order valence-electron chi connectivity index (χ2n) is 6.61. The molecule has 0 atom stereocenters. The van der Waals surface area contributed by atoms with Crippen LogP contribution in [0.2, 0.25) is 0 Å². The first-order valence-corrected chi connectivity index (χ1v) is 8.33. The summed E-state index contributed by atoms with van der Waals surface area (Å²) in [6.07, 6.45) is 11.8. The molecular weight excluding hydrogens is 250 g/mol. The summed E-state index contributed by atoms with van der Waals surface area (Å²) in [6, 6.07) is 0. The van der Waals surface area contributed by atoms with E-state index in [1.165, 1.54) is 51.5 Å². The van der Waals surface area contributed by atoms with Gasteiger partial charge < -0.3 is 14.4 Å². The molecule has 0 unspecified atom stereocenters. The maximum atomic E-state index is 9.65. The summed E-state index contributed by atoms with van der Waals surface area (Å²) < 4.78 is 1.12. The quantitative estimate of drug-likeness (QED) is 0.432. The number of carbonyl (C=O) groups is 1. The highest BCUT2D eigenvalue weighted by atomic mass is 16.4. The summed E-state index contributed by atoms with van der Waals surface area (Å²) in [4.78, 5) is 9.65. The molecule has 20 heavy (non-hydrogen) atoms. The Morgan fingerprint density at radius 3 is 1.60 bits per heavy atom. The van der Waals surface area contributed by atoms with Crippen molar-refractivity contribution in [1.29, 1.82) is 0 Å². The van der Waals surface area contributed by atoms with Gasteiger partial charge in [0.1, 0.15) is 0 Å². The Morgan fingerprint density at radius 2 is 1.25 bits per heavy atom. The Kier molecular flexibility index (Phi) is 16.1. The summed E-state index contributed by atoms with van der Waals surface area (Å²) in [7, 11) is 6.82. The molecular formula is C17H37NO2. The molecule has 0 aliphatic heterocycles. The van der Waals surface area contributed by atoms with Gasteiger partial charge >= 0.3 is 0 Å². The number of aliphatic carboxylic acids is 1. The molecule has 122 valence electrons. The number of carbonyl (C=O) groups excluding carboxylic acids is 1. The topological polar surface area (TPSA) is 40.1 Å². The minimum Gasteiger partial charge on any atom is -0.550 e. The van der Waals surface area contributed by atoms with Crippen molar-refractivity contribution in [2.45, 2.75) is 78.1 Å². The third-order valence-electron chi connectivity index (χ3n) is 3.17. The van der Waals surface area contributed by atoms with Crippen molar-refractivity contribution >= 4 is 5.97 Å². The molecule has 0 saturated heterocycles. The second-order valence-corrected chi connectivity index (χ2v) is 6.61. The number of hydrogen-bond donors (Lipinski definition) is 0. The molecule has 0 aromatic rings. The molecule has 0 heterocycles. The standard InChI is InChI=1S/C12H28N.C5H10O2/c1-5-6-7-8-9-10-11-12-13(2,3)4;1-2-3-4-5(6)7/h5-12H2,1-4H3;2-4H2,1H3,(H,6,7)/q+1;/p-1. The van der Waals surface area contributed by atoms with Gasteiger partial charge in [-0.2, -0.15) is 0 Å². The Balaban J connectivity index is 0. The predicted molar refractivity (Wildman–Crippen MR) is 85.4 cm³/mol. The van der Waals surface area contributed by atoms with E-state index in [0.717, 1.165) is 17.3 Å². The van der Waals surface area contributed by atoms with Gasteiger partial charge in [-0.3, -0.25) is 0 Å². The van der Waals surface area contributed by atoms with E-state index in [-0.39, 0.29) is 6.42 Å². The zero-order chi connectivity index (χ0) is 15.9. The molecule has 0 radical (unpaired) electrons. The monoisotopic (exact) mass is 287 g/mol. The molecule has 0 aromatic carbocycles. The van der Waals surface area contributed by atoms with Gasteiger partial charge in [-0.15, -0.1) is 0 Å². The van der Waals surface area contributed by atoms with Crippen molar-refractivity contribution in [2.24, 2.45) is 0 Å². The van der Waals surface area contributed by atoms with Crippen LogP contribution in [0, 0.1) is 0 Å². The van der Waals surface area contributed by atoms with Crippen LogP contribution in [0.5, 0.6) is 0 Å². The lowest BCUT2D eigenvalue weighted by atomic mass is 10.1. The molecule has 0 spiro atoms. The molecule has 0 saturated carbocycles. The van der Waals surface area contributed by atoms with Crippen molar-refractivity contribution in [1.82, 2.24) is 0 Å². The van der Waals surface area contributed by atoms with E-state index in [2.05, 4.69) is 28.1 Å². The largest absolute Gasteiger partial charge is 0.550 e. The van der Waals surface area contributed by atoms with Gasteiger partial charge in [0.05, 0.1) is 27.7 Å². The summed E-state index contributed by atoms with van der Waals surface area (Å²) in [5, 5.41) is 9.65. The second kappa shape index (κ2) is 14.8. The van der Waals surface area contributed by atoms with Crippen LogP contribution in [0.3, 0.4) is 0 Å². The van der Waals surface area contributed by atoms with E-state index in [0.29, 0.717) is 0 Å². The smallest absolute Gasteiger partial charge is 0.0780 e. The molecule has 0 rings (SSSR count). The fraction of sp³-hybridized carbons (Fsp3) is 0.941. The average molecular weight is 287 g/mol. The number of rotatable bonds is 11. The third-order valence-corrected chi connectivity index (χ3v) is 3.17. The highest BCUT2D eigenvalue weighted by Crippen LogP contribution is 2.07. The normalized spacial score (nSPS) is 10.8. The number of carboxylic acids is 1. The lowest BCUT2D eigenvalue weighted by molar-refractivity contribution is -0.870. The van der Waals surface area contributed by atoms with Crippen LogP contribution in [0.15, 0.2) is 0 Å². The summed E-state index contributed by atoms with van der Waals surface area (Å²) in [5.41, 5.74) is 0. The molecule has 0 aliphatic rings. The van der Waals surface area contributed by atoms with Gasteiger partial charge in [0.25, 0.3) is 0 Å². The SMILES string of the molecule is CCCCC(=O)[O-].CCCCCCCCC[N+](C)(C)C. The van der Waals surface area contributed by atoms with Gasteiger partial charge in [0.2, 0.25) is 0 Å². The Labute approximate surface area is 127 Å². The van der Waals surface area contributed by atoms with E-state index < -0.39 is 5.97 Å². The summed E-state index contributed by atoms with van der Waals surface area (Å²) in [5.74, 6) is -0.943. The Hall–Kier alpha value is -0.570. The van der Waals surface area contributed by atoms with Crippen molar-refractivity contribution in [2.75, 3.05) is 27.7 Å². The molecule has 0 aliphatic carbocycles. The van der Waals surface area contributed by atoms with Gasteiger partial charge in [-0.05, 0) is 25.7 Å². The first-order valence-electron chi connectivity index (χ1n) is 8.33. The molecule has 0 fully saturated rings. The molecule has 3 nitrogen and oxygen atoms in total. The van der Waals surface area contributed by atoms with E-state index in [9.17, 15) is 9.90 Å². The maximum absolute atomic E-state index is 9.65. The lowest BCUT2D eigenvalue weighted by Gasteiger charge is -2.23. The number of quaternary nitrogens is 1. The highest BCUT2D eigenvalue weighted by Gasteiger charge is 2.04. The Bertz CT molecular complexity index is 210. The van der Waals surface area contributed by atoms with Crippen LogP contribution in [-0.4, -0.2) is 38.1 Å². The molecule has 0 amide bonds. The van der Waals surface area contributed by atoms with Gasteiger partial charge in [0.15, 0.2) is 0 Å². The molecule has 0 bridgehead atoms. The van der Waals surface area contributed by atoms with E-state index in [1.54, 1.807) is 0 Å². The van der Waals surface area contributed by atoms with Crippen molar-refractivity contribution in [3.63, 3.8) is 0 Å². The lowest BCUT2D eigenvalue weighted by Crippen LogP contribution is -2.35. The van der Waals surface area contributed by atoms with Gasteiger partial charge in [-0.1, -0.05) is 52.4 Å². The Morgan fingerprint density at radius 1 is 0.800 bits per heavy atom. The van der Waals surface area contributed by atoms with E-state index in [4.69, 9.17) is 0 Å². The van der Waals surface area contributed by atoms with Crippen molar-refractivity contribution < 1.29 is 14.4 Å². The van der Waals surface area contributed by atoms with Crippen LogP contribution >= 0.6 is 0 Å². The highest BCUT2D eigenvalue weighted by molar-refractivity contribution is 5.63. The first-order chi connectivity index (χ1) is 9.33. The molecule has 0 N–H and O–H groups in total. The number of carboxylic acid groups (broad SMARTS) is 1. The van der Waals surface area contributed by atoms with E-state index >= 15 is 0 Å². The average Bonchev–Trinajstić information content (AvgIpc) is 2.34. The first kappa shape index (κ1) is 21.7. The maximum Gasteiger partial charge on any atom is 0.0780 e. The zero-order valence-corrected chi connectivity index (χ0v) is 14.5. The number of nitrogens with zero attached hydrogens (tertiary/aromatic N) is 1. The van der Waals surface area contributed by atoms with Crippen LogP contribution in [0.25, 0.3) is 0 Å². The number of unbranched alkanes of at least 4 members (excludes halogenated alkanes) is 7. The third kappa shape index (κ3) is 26.1. The van der Waals surface area contributed by atoms with Crippen LogP contribution in [0.1, 0.15) is 78.1 Å². The summed E-state index contributed by atoms with van der Waals surface area (Å²) in [6.45, 7) is 5.55. The zero-order valence-electron chi connectivity index (χ0n) is 14.5. The fourth-order valence-corrected chi connectivity index (χ4v) is 1.86. The fourth-order valence-electron chi connectivity index (χ4n) is 1.86. The molecule has 0 aromatic heterocycles. The van der Waals surface area contributed by atoms with Gasteiger partial charge in [0, 0.05) is 5.97 Å². The summed E-state index contributed by atoms with van der Waals surface area (Å²) >= 11 is 0. The minimum atomic E-state index is -0.943. The van der Waals surface area contributed by atoms with Crippen molar-refractivity contribution in [3.05, 3.63) is 0 Å². The van der Waals surface area contributed by atoms with Crippen molar-refractivity contribution in [3.8, 4) is 0 Å². The molecule has 3 heteroatoms. The number of hydrogen-bond acceptors (Lipinski definition) is 2.